The predicted molar refractivity (Wildman–Crippen MR) is 125 cm³/mol. The predicted octanol–water partition coefficient (Wildman–Crippen LogP) is 4.18. The van der Waals surface area contributed by atoms with Crippen LogP contribution < -0.4 is 5.32 Å². The number of nitrogens with one attached hydrogen (secondary N) is 1. The lowest BCUT2D eigenvalue weighted by molar-refractivity contribution is 0.0951. The first-order valence-electron chi connectivity index (χ1n) is 11.4. The van der Waals surface area contributed by atoms with Gasteiger partial charge in [0.25, 0.3) is 5.91 Å². The number of aryl methyl sites for hydroxylation is 1. The molecule has 0 unspecified atom stereocenters. The van der Waals surface area contributed by atoms with Crippen LogP contribution in [0.3, 0.4) is 0 Å². The summed E-state index contributed by atoms with van der Waals surface area (Å²) in [6, 6.07) is 6.19. The molecular formula is C23H31N7OS. The molecule has 3 aromatic rings. The van der Waals surface area contributed by atoms with E-state index in [1.54, 1.807) is 28.8 Å². The van der Waals surface area contributed by atoms with E-state index in [0.717, 1.165) is 29.5 Å². The number of pyridine rings is 1. The van der Waals surface area contributed by atoms with Gasteiger partial charge in [-0.2, -0.15) is 5.10 Å². The van der Waals surface area contributed by atoms with Crippen LogP contribution in [0.15, 0.2) is 35.7 Å². The molecule has 3 aromatic heterocycles. The second-order valence-corrected chi connectivity index (χ2v) is 9.24. The Morgan fingerprint density at radius 1 is 1.25 bits per heavy atom. The highest BCUT2D eigenvalue weighted by atomic mass is 32.2. The van der Waals surface area contributed by atoms with E-state index in [2.05, 4.69) is 50.3 Å². The second-order valence-electron chi connectivity index (χ2n) is 8.47. The Kier molecular flexibility index (Phi) is 7.24. The standard InChI is InChI=1S/C23H31N7OS/c1-16(2)21-18(15-26-30(21)19-11-6-7-13-24-19)22(31)25-14-8-12-20-27-28-23(32-3)29(20)17-9-4-5-10-17/h6-7,11,13,15-17H,4-5,8-10,12,14H2,1-3H3,(H,25,31). The molecule has 1 fully saturated rings. The first-order valence-corrected chi connectivity index (χ1v) is 12.6. The largest absolute Gasteiger partial charge is 0.352 e. The van der Waals surface area contributed by atoms with Crippen LogP contribution in [0, 0.1) is 0 Å². The average Bonchev–Trinajstić information content (AvgIpc) is 3.56. The van der Waals surface area contributed by atoms with Crippen molar-refractivity contribution in [2.45, 2.75) is 69.5 Å². The van der Waals surface area contributed by atoms with Crippen molar-refractivity contribution in [2.75, 3.05) is 12.8 Å². The molecule has 8 nitrogen and oxygen atoms in total. The molecule has 0 radical (unpaired) electrons. The van der Waals surface area contributed by atoms with Gasteiger partial charge in [0.15, 0.2) is 11.0 Å². The van der Waals surface area contributed by atoms with Crippen molar-refractivity contribution in [2.24, 2.45) is 0 Å². The molecule has 0 atom stereocenters. The molecule has 1 saturated carbocycles. The first-order chi connectivity index (χ1) is 15.6. The summed E-state index contributed by atoms with van der Waals surface area (Å²) in [5.74, 6) is 1.78. The quantitative estimate of drug-likeness (QED) is 0.386. The molecule has 1 aliphatic rings. The van der Waals surface area contributed by atoms with Gasteiger partial charge in [0.2, 0.25) is 0 Å². The van der Waals surface area contributed by atoms with Crippen LogP contribution in [-0.2, 0) is 6.42 Å². The zero-order valence-electron chi connectivity index (χ0n) is 19.0. The molecule has 1 N–H and O–H groups in total. The molecular weight excluding hydrogens is 422 g/mol. The Balaban J connectivity index is 1.39. The smallest absolute Gasteiger partial charge is 0.254 e. The van der Waals surface area contributed by atoms with E-state index in [4.69, 9.17) is 0 Å². The summed E-state index contributed by atoms with van der Waals surface area (Å²) >= 11 is 1.65. The van der Waals surface area contributed by atoms with Gasteiger partial charge in [-0.05, 0) is 43.6 Å². The molecule has 170 valence electrons. The maximum atomic E-state index is 12.9. The summed E-state index contributed by atoms with van der Waals surface area (Å²) in [7, 11) is 0. The summed E-state index contributed by atoms with van der Waals surface area (Å²) < 4.78 is 4.08. The van der Waals surface area contributed by atoms with Crippen molar-refractivity contribution < 1.29 is 4.79 Å². The normalized spacial score (nSPS) is 14.4. The topological polar surface area (TPSA) is 90.5 Å². The van der Waals surface area contributed by atoms with Crippen LogP contribution in [-0.4, -0.2) is 48.2 Å². The number of carbonyl (C=O) groups is 1. The van der Waals surface area contributed by atoms with Crippen LogP contribution in [0.1, 0.15) is 79.8 Å². The first kappa shape index (κ1) is 22.5. The summed E-state index contributed by atoms with van der Waals surface area (Å²) in [6.45, 7) is 4.70. The Bertz CT molecular complexity index is 1040. The van der Waals surface area contributed by atoms with E-state index in [9.17, 15) is 4.79 Å². The van der Waals surface area contributed by atoms with Gasteiger partial charge >= 0.3 is 0 Å². The SMILES string of the molecule is CSc1nnc(CCCNC(=O)c2cnn(-c3ccccn3)c2C(C)C)n1C1CCCC1. The monoisotopic (exact) mass is 453 g/mol. The lowest BCUT2D eigenvalue weighted by Crippen LogP contribution is -2.26. The van der Waals surface area contributed by atoms with Gasteiger partial charge in [-0.15, -0.1) is 10.2 Å². The molecule has 9 heteroatoms. The molecule has 1 amide bonds. The minimum atomic E-state index is -0.0991. The fourth-order valence-electron chi connectivity index (χ4n) is 4.44. The van der Waals surface area contributed by atoms with E-state index < -0.39 is 0 Å². The van der Waals surface area contributed by atoms with Crippen molar-refractivity contribution >= 4 is 17.7 Å². The Morgan fingerprint density at radius 3 is 2.75 bits per heavy atom. The Hall–Kier alpha value is -2.68. The highest BCUT2D eigenvalue weighted by Gasteiger charge is 2.24. The minimum Gasteiger partial charge on any atom is -0.352 e. The third-order valence-electron chi connectivity index (χ3n) is 5.93. The number of thioether (sulfide) groups is 1. The van der Waals surface area contributed by atoms with E-state index in [1.807, 2.05) is 18.2 Å². The maximum absolute atomic E-state index is 12.9. The lowest BCUT2D eigenvalue weighted by Gasteiger charge is -2.16. The Morgan fingerprint density at radius 2 is 2.06 bits per heavy atom. The van der Waals surface area contributed by atoms with Gasteiger partial charge in [-0.25, -0.2) is 9.67 Å². The van der Waals surface area contributed by atoms with Crippen LogP contribution in [0.5, 0.6) is 0 Å². The Labute approximate surface area is 193 Å². The van der Waals surface area contributed by atoms with Crippen molar-refractivity contribution in [3.05, 3.63) is 47.7 Å². The van der Waals surface area contributed by atoms with E-state index in [1.165, 1.54) is 25.7 Å². The molecule has 32 heavy (non-hydrogen) atoms. The minimum absolute atomic E-state index is 0.0991. The van der Waals surface area contributed by atoms with Crippen LogP contribution in [0.4, 0.5) is 0 Å². The van der Waals surface area contributed by atoms with Gasteiger partial charge in [-0.3, -0.25) is 4.79 Å². The fraction of sp³-hybridized carbons (Fsp3) is 0.522. The van der Waals surface area contributed by atoms with E-state index >= 15 is 0 Å². The summed E-state index contributed by atoms with van der Waals surface area (Å²) in [6.07, 6.45) is 12.0. The number of hydrogen-bond donors (Lipinski definition) is 1. The van der Waals surface area contributed by atoms with E-state index in [0.29, 0.717) is 24.0 Å². The number of nitrogens with zero attached hydrogens (tertiary/aromatic N) is 6. The molecule has 0 spiro atoms. The zero-order chi connectivity index (χ0) is 22.5. The van der Waals surface area contributed by atoms with Crippen molar-refractivity contribution in [1.29, 1.82) is 0 Å². The summed E-state index contributed by atoms with van der Waals surface area (Å²) in [5, 5.41) is 17.3. The third-order valence-corrected chi connectivity index (χ3v) is 6.58. The highest BCUT2D eigenvalue weighted by molar-refractivity contribution is 7.98. The summed E-state index contributed by atoms with van der Waals surface area (Å²) in [4.78, 5) is 17.3. The number of aromatic nitrogens is 6. The van der Waals surface area contributed by atoms with Gasteiger partial charge < -0.3 is 9.88 Å². The molecule has 4 rings (SSSR count). The van der Waals surface area contributed by atoms with Crippen LogP contribution in [0.2, 0.25) is 0 Å². The van der Waals surface area contributed by atoms with Gasteiger partial charge in [0.05, 0.1) is 17.5 Å². The summed E-state index contributed by atoms with van der Waals surface area (Å²) in [5.41, 5.74) is 1.47. The van der Waals surface area contributed by atoms with E-state index in [-0.39, 0.29) is 11.8 Å². The second kappa shape index (κ2) is 10.3. The highest BCUT2D eigenvalue weighted by Crippen LogP contribution is 2.33. The van der Waals surface area contributed by atoms with Crippen LogP contribution >= 0.6 is 11.8 Å². The molecule has 0 aromatic carbocycles. The van der Waals surface area contributed by atoms with Crippen molar-refractivity contribution in [3.8, 4) is 5.82 Å². The fourth-order valence-corrected chi connectivity index (χ4v) is 5.01. The zero-order valence-corrected chi connectivity index (χ0v) is 19.8. The number of hydrogen-bond acceptors (Lipinski definition) is 6. The van der Waals surface area contributed by atoms with Gasteiger partial charge in [-0.1, -0.05) is 44.5 Å². The molecule has 3 heterocycles. The number of carbonyl (C=O) groups excluding carboxylic acids is 1. The molecule has 1 aliphatic carbocycles. The van der Waals surface area contributed by atoms with Crippen molar-refractivity contribution in [1.82, 2.24) is 34.8 Å². The average molecular weight is 454 g/mol. The number of rotatable bonds is 9. The van der Waals surface area contributed by atoms with Gasteiger partial charge in [0.1, 0.15) is 5.82 Å². The molecule has 0 saturated heterocycles. The lowest BCUT2D eigenvalue weighted by atomic mass is 10.1. The maximum Gasteiger partial charge on any atom is 0.254 e. The van der Waals surface area contributed by atoms with Crippen LogP contribution in [0.25, 0.3) is 5.82 Å². The third kappa shape index (κ3) is 4.72. The van der Waals surface area contributed by atoms with Gasteiger partial charge in [0, 0.05) is 25.2 Å². The number of amides is 1. The van der Waals surface area contributed by atoms with Crippen molar-refractivity contribution in [3.63, 3.8) is 0 Å². The molecule has 0 aliphatic heterocycles. The molecule has 0 bridgehead atoms.